The Labute approximate surface area is 247 Å². The second-order valence-electron chi connectivity index (χ2n) is 10.3. The molecular weight excluding hydrogens is 573 g/mol. The van der Waals surface area contributed by atoms with Crippen LogP contribution in [0, 0.1) is 17.1 Å². The number of rotatable bonds is 7. The number of benzene rings is 3. The third kappa shape index (κ3) is 5.17. The molecule has 0 bridgehead atoms. The highest BCUT2D eigenvalue weighted by atomic mass is 32.2. The SMILES string of the molecule is CCS(=O)(=O)Nc1c(C2CCCN(c3nc4c(C#N)cccc4o3)C2)ccc2oc(-c3ccc(F)cc3)c(C(=O)NC)c12. The van der Waals surface area contributed by atoms with Gasteiger partial charge in [0.25, 0.3) is 11.9 Å². The minimum Gasteiger partial charge on any atom is -0.455 e. The minimum absolute atomic E-state index is 0.149. The molecule has 1 unspecified atom stereocenters. The molecule has 1 fully saturated rings. The van der Waals surface area contributed by atoms with Crippen LogP contribution in [0.3, 0.4) is 0 Å². The molecule has 220 valence electrons. The van der Waals surface area contributed by atoms with Crippen molar-refractivity contribution in [3.05, 3.63) is 77.1 Å². The fraction of sp³-hybridized carbons (Fsp3) is 0.258. The minimum atomic E-state index is -3.77. The molecule has 1 amide bonds. The predicted molar refractivity (Wildman–Crippen MR) is 161 cm³/mol. The molecule has 5 aromatic rings. The topological polar surface area (TPSA) is 141 Å². The number of furan rings is 1. The van der Waals surface area contributed by atoms with Crippen molar-refractivity contribution in [2.45, 2.75) is 25.7 Å². The summed E-state index contributed by atoms with van der Waals surface area (Å²) in [5.74, 6) is -1.06. The molecule has 0 radical (unpaired) electrons. The van der Waals surface area contributed by atoms with E-state index in [2.05, 4.69) is 21.1 Å². The van der Waals surface area contributed by atoms with Crippen molar-refractivity contribution in [2.75, 3.05) is 35.5 Å². The number of halogens is 1. The number of amides is 1. The Bertz CT molecular complexity index is 2010. The van der Waals surface area contributed by atoms with Crippen LogP contribution in [0.1, 0.15) is 47.2 Å². The van der Waals surface area contributed by atoms with Gasteiger partial charge >= 0.3 is 0 Å². The van der Waals surface area contributed by atoms with Gasteiger partial charge in [-0.3, -0.25) is 9.52 Å². The molecule has 1 atom stereocenters. The van der Waals surface area contributed by atoms with Crippen LogP contribution in [0.4, 0.5) is 16.1 Å². The van der Waals surface area contributed by atoms with Gasteiger partial charge in [-0.15, -0.1) is 0 Å². The van der Waals surface area contributed by atoms with Crippen molar-refractivity contribution in [1.29, 1.82) is 5.26 Å². The number of sulfonamides is 1. The Morgan fingerprint density at radius 2 is 1.93 bits per heavy atom. The van der Waals surface area contributed by atoms with Crippen LogP contribution in [0.2, 0.25) is 0 Å². The van der Waals surface area contributed by atoms with Gasteiger partial charge in [-0.25, -0.2) is 12.8 Å². The Morgan fingerprint density at radius 1 is 1.14 bits per heavy atom. The molecule has 6 rings (SSSR count). The third-order valence-electron chi connectivity index (χ3n) is 7.75. The fourth-order valence-corrected chi connectivity index (χ4v) is 6.27. The van der Waals surface area contributed by atoms with Gasteiger partial charge in [-0.05, 0) is 67.8 Å². The lowest BCUT2D eigenvalue weighted by atomic mass is 9.88. The first-order chi connectivity index (χ1) is 20.7. The first-order valence-electron chi connectivity index (χ1n) is 13.9. The first-order valence-corrected chi connectivity index (χ1v) is 15.5. The van der Waals surface area contributed by atoms with Crippen LogP contribution >= 0.6 is 0 Å². The van der Waals surface area contributed by atoms with Gasteiger partial charge in [-0.1, -0.05) is 12.1 Å². The Kier molecular flexibility index (Phi) is 7.27. The maximum Gasteiger partial charge on any atom is 0.298 e. The van der Waals surface area contributed by atoms with E-state index in [9.17, 15) is 22.9 Å². The number of nitriles is 1. The zero-order chi connectivity index (χ0) is 30.3. The quantitative estimate of drug-likeness (QED) is 0.240. The number of nitrogens with one attached hydrogen (secondary N) is 2. The molecule has 3 heterocycles. The average molecular weight is 602 g/mol. The molecule has 1 aliphatic heterocycles. The second kappa shape index (κ2) is 11.1. The van der Waals surface area contributed by atoms with E-state index < -0.39 is 21.7 Å². The van der Waals surface area contributed by atoms with Gasteiger partial charge in [0, 0.05) is 31.6 Å². The molecule has 12 heteroatoms. The summed E-state index contributed by atoms with van der Waals surface area (Å²) in [6, 6.07) is 16.8. The van der Waals surface area contributed by atoms with Gasteiger partial charge in [0.05, 0.1) is 28.0 Å². The lowest BCUT2D eigenvalue weighted by Crippen LogP contribution is -2.35. The van der Waals surface area contributed by atoms with E-state index in [1.54, 1.807) is 24.3 Å². The zero-order valence-corrected chi connectivity index (χ0v) is 24.3. The van der Waals surface area contributed by atoms with Crippen molar-refractivity contribution in [1.82, 2.24) is 10.3 Å². The molecule has 10 nitrogen and oxygen atoms in total. The summed E-state index contributed by atoms with van der Waals surface area (Å²) in [6.45, 7) is 2.65. The maximum atomic E-state index is 13.7. The van der Waals surface area contributed by atoms with Gasteiger partial charge in [0.1, 0.15) is 28.7 Å². The van der Waals surface area contributed by atoms with Crippen molar-refractivity contribution < 1.29 is 26.4 Å². The number of nitrogens with zero attached hydrogens (tertiary/aromatic N) is 3. The number of carbonyl (C=O) groups excluding carboxylic acids is 1. The lowest BCUT2D eigenvalue weighted by molar-refractivity contribution is 0.0964. The Hall–Kier alpha value is -4.89. The standard InChI is InChI=1S/C31H28FN5O5S/c1-3-43(39,40)36-28-22(20-7-5-15-37(17-20)31-35-27-19(16-33)6-4-8-24(27)42-31)13-14-23-25(28)26(30(38)34-2)29(41-23)18-9-11-21(32)12-10-18/h4,6,8-14,20,36H,3,5,7,15,17H2,1-2H3,(H,34,38). The third-order valence-corrected chi connectivity index (χ3v) is 9.02. The van der Waals surface area contributed by atoms with Crippen LogP contribution in [0.25, 0.3) is 33.4 Å². The first kappa shape index (κ1) is 28.2. The second-order valence-corrected chi connectivity index (χ2v) is 12.4. The van der Waals surface area contributed by atoms with Gasteiger partial charge in [-0.2, -0.15) is 10.2 Å². The predicted octanol–water partition coefficient (Wildman–Crippen LogP) is 5.76. The summed E-state index contributed by atoms with van der Waals surface area (Å²) < 4.78 is 54.6. The van der Waals surface area contributed by atoms with Crippen LogP contribution in [-0.2, 0) is 10.0 Å². The fourth-order valence-electron chi connectivity index (χ4n) is 5.60. The molecule has 1 aliphatic rings. The van der Waals surface area contributed by atoms with Crippen molar-refractivity contribution >= 4 is 49.7 Å². The van der Waals surface area contributed by atoms with Crippen molar-refractivity contribution in [3.8, 4) is 17.4 Å². The van der Waals surface area contributed by atoms with Gasteiger partial charge in [0.15, 0.2) is 5.58 Å². The number of aromatic nitrogens is 1. The number of fused-ring (bicyclic) bond motifs is 2. The normalized spacial score (nSPS) is 15.5. The van der Waals surface area contributed by atoms with E-state index in [1.165, 1.54) is 38.2 Å². The molecule has 2 aromatic heterocycles. The summed E-state index contributed by atoms with van der Waals surface area (Å²) in [5, 5.41) is 12.4. The smallest absolute Gasteiger partial charge is 0.298 e. The molecule has 2 N–H and O–H groups in total. The van der Waals surface area contributed by atoms with Crippen LogP contribution < -0.4 is 14.9 Å². The monoisotopic (exact) mass is 601 g/mol. The molecule has 43 heavy (non-hydrogen) atoms. The highest BCUT2D eigenvalue weighted by Crippen LogP contribution is 2.44. The van der Waals surface area contributed by atoms with Gasteiger partial charge in [0.2, 0.25) is 10.0 Å². The summed E-state index contributed by atoms with van der Waals surface area (Å²) in [4.78, 5) is 19.9. The van der Waals surface area contributed by atoms with E-state index in [0.29, 0.717) is 57.9 Å². The zero-order valence-electron chi connectivity index (χ0n) is 23.5. The van der Waals surface area contributed by atoms with Gasteiger partial charge < -0.3 is 19.1 Å². The number of piperidine rings is 1. The molecule has 0 saturated carbocycles. The Balaban J connectivity index is 1.50. The van der Waals surface area contributed by atoms with E-state index in [-0.39, 0.29) is 28.7 Å². The summed E-state index contributed by atoms with van der Waals surface area (Å²) in [7, 11) is -2.30. The number of carbonyl (C=O) groups is 1. The van der Waals surface area contributed by atoms with E-state index in [4.69, 9.17) is 8.83 Å². The highest BCUT2D eigenvalue weighted by molar-refractivity contribution is 7.92. The molecule has 1 saturated heterocycles. The summed E-state index contributed by atoms with van der Waals surface area (Å²) >= 11 is 0. The number of oxazole rings is 1. The van der Waals surface area contributed by atoms with Crippen LogP contribution in [-0.4, -0.2) is 45.2 Å². The summed E-state index contributed by atoms with van der Waals surface area (Å²) in [5.41, 5.74) is 3.31. The van der Waals surface area contributed by atoms with E-state index in [1.807, 2.05) is 11.0 Å². The lowest BCUT2D eigenvalue weighted by Gasteiger charge is -2.33. The maximum absolute atomic E-state index is 13.7. The van der Waals surface area contributed by atoms with Crippen molar-refractivity contribution in [2.24, 2.45) is 0 Å². The molecule has 0 aliphatic carbocycles. The van der Waals surface area contributed by atoms with Crippen molar-refractivity contribution in [3.63, 3.8) is 0 Å². The van der Waals surface area contributed by atoms with E-state index >= 15 is 0 Å². The molecular formula is C31H28FN5O5S. The molecule has 3 aromatic carbocycles. The number of hydrogen-bond acceptors (Lipinski definition) is 8. The van der Waals surface area contributed by atoms with Crippen LogP contribution in [0.5, 0.6) is 0 Å². The number of para-hydroxylation sites is 1. The number of anilines is 2. The highest BCUT2D eigenvalue weighted by Gasteiger charge is 2.32. The largest absolute Gasteiger partial charge is 0.455 e. The molecule has 0 spiro atoms. The summed E-state index contributed by atoms with van der Waals surface area (Å²) in [6.07, 6.45) is 1.51. The average Bonchev–Trinajstić information content (AvgIpc) is 3.64. The van der Waals surface area contributed by atoms with Crippen LogP contribution in [0.15, 0.2) is 63.4 Å². The van der Waals surface area contributed by atoms with E-state index in [0.717, 1.165) is 12.8 Å². The number of hydrogen-bond donors (Lipinski definition) is 2. The Morgan fingerprint density at radius 3 is 2.65 bits per heavy atom.